The molecule has 0 saturated carbocycles. The van der Waals surface area contributed by atoms with Crippen molar-refractivity contribution in [3.05, 3.63) is 36.2 Å². The van der Waals surface area contributed by atoms with E-state index in [1.165, 1.54) is 0 Å². The molecular formula is C11H15NO2. The van der Waals surface area contributed by atoms with Gasteiger partial charge in [0.1, 0.15) is 6.29 Å². The Morgan fingerprint density at radius 3 is 2.50 bits per heavy atom. The van der Waals surface area contributed by atoms with Crippen LogP contribution in [0, 0.1) is 0 Å². The van der Waals surface area contributed by atoms with Gasteiger partial charge in [-0.3, -0.25) is 4.98 Å². The summed E-state index contributed by atoms with van der Waals surface area (Å²) >= 11 is 0. The maximum absolute atomic E-state index is 10.4. The number of aldehydes is 1. The van der Waals surface area contributed by atoms with Gasteiger partial charge in [0.15, 0.2) is 0 Å². The largest absolute Gasteiger partial charge is 0.400 e. The van der Waals surface area contributed by atoms with E-state index < -0.39 is 0 Å². The summed E-state index contributed by atoms with van der Waals surface area (Å²) in [6.07, 6.45) is 4.29. The molecule has 1 aromatic heterocycles. The van der Waals surface area contributed by atoms with Crippen molar-refractivity contribution in [2.45, 2.75) is 12.8 Å². The maximum atomic E-state index is 10.4. The fraction of sp³-hybridized carbons (Fsp3) is 0.273. The highest BCUT2D eigenvalue weighted by Crippen LogP contribution is 2.11. The number of hydrogen-bond acceptors (Lipinski definition) is 3. The van der Waals surface area contributed by atoms with E-state index in [0.717, 1.165) is 24.7 Å². The van der Waals surface area contributed by atoms with Crippen LogP contribution in [-0.2, 0) is 4.79 Å². The Kier molecular flexibility index (Phi) is 6.24. The number of pyridine rings is 1. The third-order valence-electron chi connectivity index (χ3n) is 1.75. The molecule has 0 spiro atoms. The molecule has 1 N–H and O–H groups in total. The molecule has 0 aliphatic rings. The van der Waals surface area contributed by atoms with Gasteiger partial charge in [0.2, 0.25) is 0 Å². The third-order valence-corrected chi connectivity index (χ3v) is 1.75. The van der Waals surface area contributed by atoms with Crippen LogP contribution in [0.1, 0.15) is 24.1 Å². The number of aromatic nitrogens is 1. The fourth-order valence-corrected chi connectivity index (χ4v) is 0.885. The van der Waals surface area contributed by atoms with E-state index in [9.17, 15) is 4.79 Å². The monoisotopic (exact) mass is 193 g/mol. The molecule has 0 bridgehead atoms. The first kappa shape index (κ1) is 12.5. The lowest BCUT2D eigenvalue weighted by atomic mass is 10.1. The van der Waals surface area contributed by atoms with Gasteiger partial charge in [-0.25, -0.2) is 0 Å². The second-order valence-electron chi connectivity index (χ2n) is 2.65. The molecule has 1 unspecified atom stereocenters. The molecule has 1 rings (SSSR count). The van der Waals surface area contributed by atoms with Crippen molar-refractivity contribution in [3.63, 3.8) is 0 Å². The summed E-state index contributed by atoms with van der Waals surface area (Å²) in [5, 5.41) is 7.00. The van der Waals surface area contributed by atoms with Crippen LogP contribution in [0.2, 0.25) is 0 Å². The van der Waals surface area contributed by atoms with Gasteiger partial charge in [-0.1, -0.05) is 19.6 Å². The minimum absolute atomic E-state index is 0.0728. The van der Waals surface area contributed by atoms with Crippen LogP contribution in [0.15, 0.2) is 24.9 Å². The standard InChI is InChI=1S/C10H11NO.CH4O/c1-3-10-5-4-9(6-11-10)8(2)7-12;1-2/h3-8H,1H2,2H3;2H,1H3. The Morgan fingerprint density at radius 1 is 1.50 bits per heavy atom. The number of carbonyl (C=O) groups excluding carboxylic acids is 1. The Bertz CT molecular complexity index is 280. The summed E-state index contributed by atoms with van der Waals surface area (Å²) < 4.78 is 0. The van der Waals surface area contributed by atoms with Crippen LogP contribution >= 0.6 is 0 Å². The van der Waals surface area contributed by atoms with Crippen LogP contribution in [0.25, 0.3) is 6.08 Å². The average molecular weight is 193 g/mol. The van der Waals surface area contributed by atoms with Crippen LogP contribution in [0.4, 0.5) is 0 Å². The summed E-state index contributed by atoms with van der Waals surface area (Å²) in [6.45, 7) is 5.44. The molecule has 76 valence electrons. The zero-order chi connectivity index (χ0) is 11.0. The minimum Gasteiger partial charge on any atom is -0.400 e. The lowest BCUT2D eigenvalue weighted by molar-refractivity contribution is -0.108. The summed E-state index contributed by atoms with van der Waals surface area (Å²) in [6, 6.07) is 3.74. The number of nitrogens with zero attached hydrogens (tertiary/aromatic N) is 1. The highest BCUT2D eigenvalue weighted by atomic mass is 16.2. The van der Waals surface area contributed by atoms with E-state index in [1.54, 1.807) is 12.3 Å². The van der Waals surface area contributed by atoms with Crippen molar-refractivity contribution in [1.29, 1.82) is 0 Å². The zero-order valence-corrected chi connectivity index (χ0v) is 8.47. The smallest absolute Gasteiger partial charge is 0.127 e. The van der Waals surface area contributed by atoms with Gasteiger partial charge in [-0.05, 0) is 17.7 Å². The number of aliphatic hydroxyl groups is 1. The van der Waals surface area contributed by atoms with E-state index in [2.05, 4.69) is 11.6 Å². The molecule has 0 radical (unpaired) electrons. The van der Waals surface area contributed by atoms with Gasteiger partial charge in [-0.2, -0.15) is 0 Å². The SMILES string of the molecule is C=Cc1ccc(C(C)C=O)cn1.CO. The lowest BCUT2D eigenvalue weighted by Crippen LogP contribution is -1.95. The number of hydrogen-bond donors (Lipinski definition) is 1. The molecule has 0 aliphatic heterocycles. The Hall–Kier alpha value is -1.48. The number of rotatable bonds is 3. The maximum Gasteiger partial charge on any atom is 0.127 e. The van der Waals surface area contributed by atoms with Crippen molar-refractivity contribution < 1.29 is 9.90 Å². The molecule has 1 heterocycles. The highest BCUT2D eigenvalue weighted by molar-refractivity contribution is 5.61. The topological polar surface area (TPSA) is 50.2 Å². The van der Waals surface area contributed by atoms with Gasteiger partial charge < -0.3 is 9.90 Å². The first-order chi connectivity index (χ1) is 6.77. The van der Waals surface area contributed by atoms with E-state index in [1.807, 2.05) is 19.1 Å². The average Bonchev–Trinajstić information content (AvgIpc) is 2.31. The van der Waals surface area contributed by atoms with Crippen molar-refractivity contribution >= 4 is 12.4 Å². The van der Waals surface area contributed by atoms with Crippen molar-refractivity contribution in [2.24, 2.45) is 0 Å². The molecule has 14 heavy (non-hydrogen) atoms. The number of carbonyl (C=O) groups is 1. The van der Waals surface area contributed by atoms with Crippen LogP contribution in [-0.4, -0.2) is 23.5 Å². The Balaban J connectivity index is 0.000000791. The minimum atomic E-state index is -0.0728. The highest BCUT2D eigenvalue weighted by Gasteiger charge is 2.02. The first-order valence-corrected chi connectivity index (χ1v) is 4.26. The van der Waals surface area contributed by atoms with Crippen molar-refractivity contribution in [1.82, 2.24) is 4.98 Å². The van der Waals surface area contributed by atoms with E-state index >= 15 is 0 Å². The van der Waals surface area contributed by atoms with Crippen molar-refractivity contribution in [2.75, 3.05) is 7.11 Å². The molecule has 1 atom stereocenters. The first-order valence-electron chi connectivity index (χ1n) is 4.26. The van der Waals surface area contributed by atoms with Crippen LogP contribution in [0.5, 0.6) is 0 Å². The molecule has 0 aromatic carbocycles. The Labute approximate surface area is 84.1 Å². The summed E-state index contributed by atoms with van der Waals surface area (Å²) in [7, 11) is 1.00. The number of aliphatic hydroxyl groups excluding tert-OH is 1. The van der Waals surface area contributed by atoms with Crippen molar-refractivity contribution in [3.8, 4) is 0 Å². The lowest BCUT2D eigenvalue weighted by Gasteiger charge is -2.02. The van der Waals surface area contributed by atoms with Gasteiger partial charge in [0.25, 0.3) is 0 Å². The molecule has 1 aromatic rings. The molecule has 3 nitrogen and oxygen atoms in total. The van der Waals surface area contributed by atoms with Crippen LogP contribution in [0.3, 0.4) is 0 Å². The molecule has 0 amide bonds. The predicted octanol–water partition coefficient (Wildman–Crippen LogP) is 1.64. The van der Waals surface area contributed by atoms with Gasteiger partial charge >= 0.3 is 0 Å². The van der Waals surface area contributed by atoms with Gasteiger partial charge in [0, 0.05) is 19.2 Å². The molecule has 0 fully saturated rings. The summed E-state index contributed by atoms with van der Waals surface area (Å²) in [5.41, 5.74) is 1.77. The second-order valence-corrected chi connectivity index (χ2v) is 2.65. The molecule has 0 saturated heterocycles. The van der Waals surface area contributed by atoms with E-state index in [0.29, 0.717) is 0 Å². The van der Waals surface area contributed by atoms with Crippen LogP contribution < -0.4 is 0 Å². The zero-order valence-electron chi connectivity index (χ0n) is 8.47. The third kappa shape index (κ3) is 3.49. The Morgan fingerprint density at radius 2 is 2.14 bits per heavy atom. The summed E-state index contributed by atoms with van der Waals surface area (Å²) in [4.78, 5) is 14.5. The molecule has 3 heteroatoms. The van der Waals surface area contributed by atoms with Gasteiger partial charge in [0.05, 0.1) is 5.69 Å². The quantitative estimate of drug-likeness (QED) is 0.742. The van der Waals surface area contributed by atoms with E-state index in [4.69, 9.17) is 5.11 Å². The van der Waals surface area contributed by atoms with E-state index in [-0.39, 0.29) is 5.92 Å². The molecular weight excluding hydrogens is 178 g/mol. The predicted molar refractivity (Wildman–Crippen MR) is 56.9 cm³/mol. The normalized spacial score (nSPS) is 10.8. The second kappa shape index (κ2) is 6.97. The summed E-state index contributed by atoms with van der Waals surface area (Å²) in [5.74, 6) is -0.0728. The molecule has 0 aliphatic carbocycles. The van der Waals surface area contributed by atoms with Gasteiger partial charge in [-0.15, -0.1) is 0 Å². The fourth-order valence-electron chi connectivity index (χ4n) is 0.885.